The van der Waals surface area contributed by atoms with Gasteiger partial charge in [0.15, 0.2) is 6.10 Å². The van der Waals surface area contributed by atoms with Crippen LogP contribution < -0.4 is 10.6 Å². The van der Waals surface area contributed by atoms with Crippen molar-refractivity contribution < 1.29 is 19.1 Å². The van der Waals surface area contributed by atoms with Crippen LogP contribution in [-0.4, -0.2) is 29.9 Å². The van der Waals surface area contributed by atoms with E-state index in [4.69, 9.17) is 4.74 Å². The topological polar surface area (TPSA) is 84.5 Å². The van der Waals surface area contributed by atoms with E-state index in [-0.39, 0.29) is 17.9 Å². The molecule has 1 aliphatic rings. The number of carbonyl (C=O) groups excluding carboxylic acids is 3. The van der Waals surface area contributed by atoms with E-state index >= 15 is 0 Å². The Labute approximate surface area is 174 Å². The van der Waals surface area contributed by atoms with E-state index in [9.17, 15) is 14.4 Å². The molecular formula is C22H26N2O4S. The van der Waals surface area contributed by atoms with Crippen molar-refractivity contribution in [1.29, 1.82) is 0 Å². The smallest absolute Gasteiger partial charge is 0.338 e. The summed E-state index contributed by atoms with van der Waals surface area (Å²) in [5.41, 5.74) is 0.904. The summed E-state index contributed by atoms with van der Waals surface area (Å²) in [7, 11) is 0. The molecule has 2 N–H and O–H groups in total. The van der Waals surface area contributed by atoms with Gasteiger partial charge in [-0.25, -0.2) is 4.79 Å². The number of thiophene rings is 1. The molecule has 1 fully saturated rings. The minimum atomic E-state index is -0.866. The molecule has 3 rings (SSSR count). The third-order valence-electron chi connectivity index (χ3n) is 5.22. The van der Waals surface area contributed by atoms with Crippen LogP contribution in [0.3, 0.4) is 0 Å². The van der Waals surface area contributed by atoms with E-state index in [2.05, 4.69) is 17.6 Å². The minimum Gasteiger partial charge on any atom is -0.449 e. The molecular weight excluding hydrogens is 388 g/mol. The second kappa shape index (κ2) is 9.69. The Hall–Kier alpha value is -2.67. The highest BCUT2D eigenvalue weighted by atomic mass is 32.1. The molecule has 0 unspecified atom stereocenters. The Morgan fingerprint density at radius 3 is 2.48 bits per heavy atom. The Kier molecular flexibility index (Phi) is 7.04. The quantitative estimate of drug-likeness (QED) is 0.693. The number of ether oxygens (including phenoxy) is 1. The largest absolute Gasteiger partial charge is 0.449 e. The zero-order valence-corrected chi connectivity index (χ0v) is 17.5. The van der Waals surface area contributed by atoms with E-state index in [0.717, 1.165) is 19.3 Å². The molecule has 2 amide bonds. The molecule has 0 aliphatic heterocycles. The predicted molar refractivity (Wildman–Crippen MR) is 113 cm³/mol. The first-order valence-corrected chi connectivity index (χ1v) is 10.8. The van der Waals surface area contributed by atoms with Crippen LogP contribution in [0.25, 0.3) is 0 Å². The highest BCUT2D eigenvalue weighted by Gasteiger charge is 2.26. The van der Waals surface area contributed by atoms with E-state index in [1.807, 2.05) is 11.4 Å². The van der Waals surface area contributed by atoms with E-state index < -0.39 is 12.1 Å². The molecule has 0 radical (unpaired) electrons. The standard InChI is InChI=1S/C22H26N2O4S/c1-14-6-3-4-7-18(14)24-20(25)15(2)28-22(27)16-9-11-17(12-10-16)23-21(26)19-8-5-13-29-19/h5,8-15,18H,3-4,6-7H2,1-2H3,(H,23,26)(H,24,25)/t14-,15-,18-/m0/s1. The van der Waals surface area contributed by atoms with Crippen molar-refractivity contribution in [2.24, 2.45) is 5.92 Å². The fourth-order valence-electron chi connectivity index (χ4n) is 3.40. The molecule has 0 spiro atoms. The van der Waals surface area contributed by atoms with Gasteiger partial charge in [-0.15, -0.1) is 11.3 Å². The van der Waals surface area contributed by atoms with Gasteiger partial charge in [0.25, 0.3) is 11.8 Å². The normalized spacial score (nSPS) is 19.8. The van der Waals surface area contributed by atoms with Gasteiger partial charge in [-0.05, 0) is 61.4 Å². The summed E-state index contributed by atoms with van der Waals surface area (Å²) in [6, 6.07) is 10.1. The summed E-state index contributed by atoms with van der Waals surface area (Å²) in [5, 5.41) is 7.61. The maximum absolute atomic E-state index is 12.4. The van der Waals surface area contributed by atoms with E-state index in [1.54, 1.807) is 37.3 Å². The van der Waals surface area contributed by atoms with Crippen LogP contribution in [0.1, 0.15) is 59.6 Å². The molecule has 1 aromatic heterocycles. The Morgan fingerprint density at radius 2 is 1.83 bits per heavy atom. The fraction of sp³-hybridized carbons (Fsp3) is 0.409. The Bertz CT molecular complexity index is 848. The lowest BCUT2D eigenvalue weighted by Gasteiger charge is -2.30. The van der Waals surface area contributed by atoms with Crippen molar-refractivity contribution in [3.8, 4) is 0 Å². The summed E-state index contributed by atoms with van der Waals surface area (Å²) in [6.07, 6.45) is 3.51. The molecule has 154 valence electrons. The van der Waals surface area contributed by atoms with E-state index in [1.165, 1.54) is 17.8 Å². The van der Waals surface area contributed by atoms with Crippen LogP contribution in [0.15, 0.2) is 41.8 Å². The van der Waals surface area contributed by atoms with Gasteiger partial charge in [-0.2, -0.15) is 0 Å². The highest BCUT2D eigenvalue weighted by Crippen LogP contribution is 2.24. The van der Waals surface area contributed by atoms with Gasteiger partial charge in [0.05, 0.1) is 10.4 Å². The number of hydrogen-bond acceptors (Lipinski definition) is 5. The van der Waals surface area contributed by atoms with Gasteiger partial charge >= 0.3 is 5.97 Å². The van der Waals surface area contributed by atoms with Crippen molar-refractivity contribution in [3.05, 3.63) is 52.2 Å². The Balaban J connectivity index is 1.51. The average Bonchev–Trinajstić information content (AvgIpc) is 3.25. The number of esters is 1. The predicted octanol–water partition coefficient (Wildman–Crippen LogP) is 4.24. The first-order valence-electron chi connectivity index (χ1n) is 9.90. The molecule has 0 saturated heterocycles. The molecule has 1 heterocycles. The zero-order chi connectivity index (χ0) is 20.8. The van der Waals surface area contributed by atoms with Crippen LogP contribution in [0, 0.1) is 5.92 Å². The summed E-state index contributed by atoms with van der Waals surface area (Å²) < 4.78 is 5.32. The molecule has 1 aromatic carbocycles. The first-order chi connectivity index (χ1) is 13.9. The van der Waals surface area contributed by atoms with Crippen molar-refractivity contribution in [1.82, 2.24) is 5.32 Å². The second-order valence-electron chi connectivity index (χ2n) is 7.43. The number of amides is 2. The lowest BCUT2D eigenvalue weighted by Crippen LogP contribution is -2.45. The van der Waals surface area contributed by atoms with Crippen LogP contribution in [0.2, 0.25) is 0 Å². The van der Waals surface area contributed by atoms with Crippen molar-refractivity contribution >= 4 is 34.8 Å². The average molecular weight is 415 g/mol. The van der Waals surface area contributed by atoms with Crippen molar-refractivity contribution in [2.45, 2.75) is 51.7 Å². The molecule has 6 nitrogen and oxygen atoms in total. The zero-order valence-electron chi connectivity index (χ0n) is 16.6. The van der Waals surface area contributed by atoms with Gasteiger partial charge in [0.2, 0.25) is 0 Å². The van der Waals surface area contributed by atoms with Gasteiger partial charge in [-0.3, -0.25) is 9.59 Å². The number of nitrogens with one attached hydrogen (secondary N) is 2. The number of hydrogen-bond donors (Lipinski definition) is 2. The molecule has 3 atom stereocenters. The van der Waals surface area contributed by atoms with Gasteiger partial charge in [-0.1, -0.05) is 25.8 Å². The van der Waals surface area contributed by atoms with Crippen LogP contribution in [0.5, 0.6) is 0 Å². The lowest BCUT2D eigenvalue weighted by atomic mass is 9.86. The molecule has 1 saturated carbocycles. The van der Waals surface area contributed by atoms with Crippen LogP contribution >= 0.6 is 11.3 Å². The van der Waals surface area contributed by atoms with Crippen LogP contribution in [0.4, 0.5) is 5.69 Å². The monoisotopic (exact) mass is 414 g/mol. The molecule has 7 heteroatoms. The van der Waals surface area contributed by atoms with Crippen LogP contribution in [-0.2, 0) is 9.53 Å². The summed E-state index contributed by atoms with van der Waals surface area (Å²) in [4.78, 5) is 37.4. The van der Waals surface area contributed by atoms with E-state index in [0.29, 0.717) is 22.0 Å². The SMILES string of the molecule is C[C@H](OC(=O)c1ccc(NC(=O)c2cccs2)cc1)C(=O)N[C@H]1CCCC[C@@H]1C. The van der Waals surface area contributed by atoms with Gasteiger partial charge in [0, 0.05) is 11.7 Å². The highest BCUT2D eigenvalue weighted by molar-refractivity contribution is 7.12. The summed E-state index contributed by atoms with van der Waals surface area (Å²) in [6.45, 7) is 3.72. The Morgan fingerprint density at radius 1 is 1.10 bits per heavy atom. The van der Waals surface area contributed by atoms with Gasteiger partial charge < -0.3 is 15.4 Å². The number of carbonyl (C=O) groups is 3. The maximum Gasteiger partial charge on any atom is 0.338 e. The van der Waals surface area contributed by atoms with Crippen molar-refractivity contribution in [3.63, 3.8) is 0 Å². The third-order valence-corrected chi connectivity index (χ3v) is 6.08. The fourth-order valence-corrected chi connectivity index (χ4v) is 4.02. The molecule has 1 aliphatic carbocycles. The summed E-state index contributed by atoms with van der Waals surface area (Å²) >= 11 is 1.36. The van der Waals surface area contributed by atoms with Gasteiger partial charge in [0.1, 0.15) is 0 Å². The number of anilines is 1. The number of benzene rings is 1. The maximum atomic E-state index is 12.4. The van der Waals surface area contributed by atoms with Crippen molar-refractivity contribution in [2.75, 3.05) is 5.32 Å². The molecule has 2 aromatic rings. The molecule has 0 bridgehead atoms. The lowest BCUT2D eigenvalue weighted by molar-refractivity contribution is -0.130. The number of rotatable bonds is 6. The second-order valence-corrected chi connectivity index (χ2v) is 8.38. The molecule has 29 heavy (non-hydrogen) atoms. The first kappa shape index (κ1) is 21.0. The minimum absolute atomic E-state index is 0.142. The summed E-state index contributed by atoms with van der Waals surface area (Å²) in [5.74, 6) is -0.595. The third kappa shape index (κ3) is 5.67.